The van der Waals surface area contributed by atoms with Crippen molar-refractivity contribution in [2.75, 3.05) is 47.9 Å². The van der Waals surface area contributed by atoms with E-state index >= 15 is 0 Å². The average molecular weight is 445 g/mol. The number of anilines is 2. The molecule has 3 fully saturated rings. The predicted molar refractivity (Wildman–Crippen MR) is 124 cm³/mol. The number of amides is 3. The van der Waals surface area contributed by atoms with Crippen molar-refractivity contribution in [3.8, 4) is 0 Å². The molecule has 168 valence electrons. The van der Waals surface area contributed by atoms with Crippen LogP contribution in [0.25, 0.3) is 0 Å². The van der Waals surface area contributed by atoms with E-state index in [1.807, 2.05) is 24.8 Å². The number of nitrogens with zero attached hydrogens (tertiary/aromatic N) is 2. The molecule has 3 aliphatic rings. The predicted octanol–water partition coefficient (Wildman–Crippen LogP) is 2.39. The molecule has 2 N–H and O–H groups in total. The molecule has 0 spiro atoms. The van der Waals surface area contributed by atoms with Crippen LogP contribution in [0.4, 0.5) is 11.4 Å². The number of hydrogen-bond donors (Lipinski definition) is 2. The van der Waals surface area contributed by atoms with Gasteiger partial charge in [0.25, 0.3) is 0 Å². The molecule has 4 rings (SSSR count). The van der Waals surface area contributed by atoms with Crippen molar-refractivity contribution in [3.05, 3.63) is 23.8 Å². The fraction of sp³-hybridized carbons (Fsp3) is 0.609. The molecular formula is C23H32N4O3S. The molecule has 0 aromatic heterocycles. The maximum atomic E-state index is 12.4. The smallest absolute Gasteiger partial charge is 0.313 e. The summed E-state index contributed by atoms with van der Waals surface area (Å²) in [5, 5.41) is 5.49. The van der Waals surface area contributed by atoms with Crippen LogP contribution in [-0.2, 0) is 14.4 Å². The first-order chi connectivity index (χ1) is 15.0. The van der Waals surface area contributed by atoms with Crippen molar-refractivity contribution in [3.63, 3.8) is 0 Å². The molecular weight excluding hydrogens is 412 g/mol. The van der Waals surface area contributed by atoms with Gasteiger partial charge < -0.3 is 15.5 Å². The molecule has 0 bridgehead atoms. The first kappa shape index (κ1) is 22.1. The van der Waals surface area contributed by atoms with Crippen LogP contribution < -0.4 is 15.5 Å². The molecule has 1 aromatic rings. The fourth-order valence-electron chi connectivity index (χ4n) is 4.72. The number of piperidine rings is 1. The van der Waals surface area contributed by atoms with E-state index in [2.05, 4.69) is 15.5 Å². The number of hydrogen-bond acceptors (Lipinski definition) is 5. The lowest BCUT2D eigenvalue weighted by Gasteiger charge is -2.35. The summed E-state index contributed by atoms with van der Waals surface area (Å²) in [5.41, 5.74) is 2.30. The molecule has 1 aromatic carbocycles. The van der Waals surface area contributed by atoms with Crippen molar-refractivity contribution in [2.45, 2.75) is 45.1 Å². The summed E-state index contributed by atoms with van der Waals surface area (Å²) in [5.74, 6) is 1.77. The summed E-state index contributed by atoms with van der Waals surface area (Å²) in [4.78, 5) is 41.1. The van der Waals surface area contributed by atoms with Crippen molar-refractivity contribution >= 4 is 40.9 Å². The molecule has 1 unspecified atom stereocenters. The van der Waals surface area contributed by atoms with Gasteiger partial charge in [-0.1, -0.05) is 6.07 Å². The molecule has 0 radical (unpaired) electrons. The van der Waals surface area contributed by atoms with Crippen molar-refractivity contribution in [1.82, 2.24) is 10.2 Å². The van der Waals surface area contributed by atoms with Crippen LogP contribution in [0.1, 0.15) is 37.7 Å². The molecule has 0 aliphatic carbocycles. The van der Waals surface area contributed by atoms with Gasteiger partial charge in [0.15, 0.2) is 0 Å². The average Bonchev–Trinajstić information content (AvgIpc) is 3.46. The number of likely N-dealkylation sites (tertiary alicyclic amines) is 1. The topological polar surface area (TPSA) is 81.8 Å². The summed E-state index contributed by atoms with van der Waals surface area (Å²) in [7, 11) is 0. The largest absolute Gasteiger partial charge is 0.348 e. The Hall–Kier alpha value is -2.06. The lowest BCUT2D eigenvalue weighted by molar-refractivity contribution is -0.136. The summed E-state index contributed by atoms with van der Waals surface area (Å²) < 4.78 is 0. The van der Waals surface area contributed by atoms with Gasteiger partial charge in [-0.2, -0.15) is 11.8 Å². The van der Waals surface area contributed by atoms with Gasteiger partial charge in [-0.15, -0.1) is 0 Å². The number of benzene rings is 1. The normalized spacial score (nSPS) is 22.7. The first-order valence-electron chi connectivity index (χ1n) is 11.3. The third kappa shape index (κ3) is 5.41. The van der Waals surface area contributed by atoms with Crippen molar-refractivity contribution in [1.29, 1.82) is 0 Å². The van der Waals surface area contributed by atoms with Crippen LogP contribution >= 0.6 is 11.8 Å². The van der Waals surface area contributed by atoms with Gasteiger partial charge in [0.1, 0.15) is 0 Å². The van der Waals surface area contributed by atoms with Crippen molar-refractivity contribution < 1.29 is 14.4 Å². The van der Waals surface area contributed by atoms with Crippen LogP contribution in [0, 0.1) is 12.8 Å². The minimum absolute atomic E-state index is 0.0991. The van der Waals surface area contributed by atoms with Gasteiger partial charge in [-0.05, 0) is 75.1 Å². The zero-order chi connectivity index (χ0) is 21.8. The minimum atomic E-state index is -0.664. The second-order valence-electron chi connectivity index (χ2n) is 8.81. The van der Waals surface area contributed by atoms with E-state index in [0.29, 0.717) is 31.1 Å². The lowest BCUT2D eigenvalue weighted by atomic mass is 9.95. The molecule has 3 amide bonds. The summed E-state index contributed by atoms with van der Waals surface area (Å²) in [6.45, 7) is 5.34. The van der Waals surface area contributed by atoms with E-state index in [1.165, 1.54) is 17.9 Å². The monoisotopic (exact) mass is 444 g/mol. The Morgan fingerprint density at radius 2 is 1.94 bits per heavy atom. The minimum Gasteiger partial charge on any atom is -0.348 e. The quantitative estimate of drug-likeness (QED) is 0.682. The van der Waals surface area contributed by atoms with Crippen LogP contribution in [0.2, 0.25) is 0 Å². The number of thioether (sulfide) groups is 1. The van der Waals surface area contributed by atoms with Crippen molar-refractivity contribution in [2.24, 2.45) is 5.92 Å². The number of carbonyl (C=O) groups excluding carboxylic acids is 3. The van der Waals surface area contributed by atoms with Crippen LogP contribution in [0.15, 0.2) is 18.2 Å². The highest BCUT2D eigenvalue weighted by Crippen LogP contribution is 2.28. The summed E-state index contributed by atoms with van der Waals surface area (Å²) >= 11 is 2.04. The number of rotatable bonds is 5. The van der Waals surface area contributed by atoms with Crippen LogP contribution in [0.3, 0.4) is 0 Å². The van der Waals surface area contributed by atoms with Crippen LogP contribution in [-0.4, -0.2) is 66.3 Å². The number of aryl methyl sites for hydroxylation is 1. The van der Waals surface area contributed by atoms with Gasteiger partial charge in [0.2, 0.25) is 5.91 Å². The van der Waals surface area contributed by atoms with E-state index in [1.54, 1.807) is 17.0 Å². The Labute approximate surface area is 188 Å². The Morgan fingerprint density at radius 1 is 1.13 bits per heavy atom. The number of carbonyl (C=O) groups is 3. The third-order valence-electron chi connectivity index (χ3n) is 6.66. The fourth-order valence-corrected chi connectivity index (χ4v) is 5.97. The van der Waals surface area contributed by atoms with Gasteiger partial charge in [0, 0.05) is 42.7 Å². The Kier molecular flexibility index (Phi) is 7.17. The molecule has 0 saturated carbocycles. The molecule has 8 heteroatoms. The molecule has 1 atom stereocenters. The van der Waals surface area contributed by atoms with Crippen LogP contribution in [0.5, 0.6) is 0 Å². The molecule has 3 heterocycles. The Morgan fingerprint density at radius 3 is 2.61 bits per heavy atom. The first-order valence-corrected chi connectivity index (χ1v) is 12.5. The number of nitrogens with one attached hydrogen (secondary N) is 2. The zero-order valence-corrected chi connectivity index (χ0v) is 19.0. The van der Waals surface area contributed by atoms with Gasteiger partial charge in [-0.25, -0.2) is 0 Å². The molecule has 31 heavy (non-hydrogen) atoms. The highest BCUT2D eigenvalue weighted by Gasteiger charge is 2.28. The summed E-state index contributed by atoms with van der Waals surface area (Å²) in [6.07, 6.45) is 4.81. The second-order valence-corrected chi connectivity index (χ2v) is 9.96. The maximum absolute atomic E-state index is 12.4. The third-order valence-corrected chi connectivity index (χ3v) is 7.80. The van der Waals surface area contributed by atoms with E-state index in [-0.39, 0.29) is 5.91 Å². The highest BCUT2D eigenvalue weighted by molar-refractivity contribution is 7.99. The Bertz CT molecular complexity index is 832. The second kappa shape index (κ2) is 10.0. The van der Waals surface area contributed by atoms with E-state index in [4.69, 9.17) is 0 Å². The van der Waals surface area contributed by atoms with E-state index in [0.717, 1.165) is 49.6 Å². The SMILES string of the molecule is Cc1ccc(NC(=O)C(=O)NCC2CCN(C3CCSC3)CC2)cc1N1CCCC1=O. The van der Waals surface area contributed by atoms with E-state index < -0.39 is 11.8 Å². The van der Waals surface area contributed by atoms with Gasteiger partial charge >= 0.3 is 11.8 Å². The Balaban J connectivity index is 1.24. The lowest BCUT2D eigenvalue weighted by Crippen LogP contribution is -2.45. The van der Waals surface area contributed by atoms with Gasteiger partial charge in [0.05, 0.1) is 0 Å². The highest BCUT2D eigenvalue weighted by atomic mass is 32.2. The molecule has 3 saturated heterocycles. The molecule has 7 nitrogen and oxygen atoms in total. The summed E-state index contributed by atoms with van der Waals surface area (Å²) in [6, 6.07) is 6.13. The standard InChI is InChI=1S/C23H32N4O3S/c1-16-4-5-18(13-20(16)27-9-2-3-21(27)28)25-23(30)22(29)24-14-17-6-10-26(11-7-17)19-8-12-31-15-19/h4-5,13,17,19H,2-3,6-12,14-15H2,1H3,(H,24,29)(H,25,30). The molecule has 3 aliphatic heterocycles. The maximum Gasteiger partial charge on any atom is 0.313 e. The zero-order valence-electron chi connectivity index (χ0n) is 18.2. The van der Waals surface area contributed by atoms with E-state index in [9.17, 15) is 14.4 Å². The van der Waals surface area contributed by atoms with Gasteiger partial charge in [-0.3, -0.25) is 19.3 Å².